The number of amides is 2. The largest absolute Gasteiger partial charge is 0.481 e. The van der Waals surface area contributed by atoms with E-state index in [1.54, 1.807) is 0 Å². The van der Waals surface area contributed by atoms with Crippen molar-refractivity contribution in [2.24, 2.45) is 5.41 Å². The normalized spacial score (nSPS) is 20.2. The molecular weight excluding hydrogens is 1010 g/mol. The van der Waals surface area contributed by atoms with Crippen molar-refractivity contribution >= 4 is 69.1 Å². The van der Waals surface area contributed by atoms with Gasteiger partial charge in [0, 0.05) is 37.1 Å². The van der Waals surface area contributed by atoms with Crippen molar-refractivity contribution in [3.05, 3.63) is 73.4 Å². The Labute approximate surface area is 417 Å². The topological polar surface area (TPSA) is 364 Å². The summed E-state index contributed by atoms with van der Waals surface area (Å²) in [4.78, 5) is 88.4. The molecule has 71 heavy (non-hydrogen) atoms. The van der Waals surface area contributed by atoms with E-state index in [2.05, 4.69) is 90.0 Å². The molecule has 0 bridgehead atoms. The Hall–Kier alpha value is -3.74. The number of nitrogens with two attached hydrogens (primary N) is 1. The fourth-order valence-corrected chi connectivity index (χ4v) is 9.92. The Bertz CT molecular complexity index is 2310. The van der Waals surface area contributed by atoms with E-state index in [1.807, 2.05) is 12.2 Å². The Morgan fingerprint density at radius 2 is 1.46 bits per heavy atom. The van der Waals surface area contributed by atoms with Crippen LogP contribution in [0.3, 0.4) is 0 Å². The number of hydrogen-bond acceptors (Lipinski definition) is 18. The fraction of sp³-hybridized carbons (Fsp3) is 0.581. The maximum absolute atomic E-state index is 12.7. The molecule has 7 atom stereocenters. The van der Waals surface area contributed by atoms with Crippen LogP contribution in [0.2, 0.25) is 0 Å². The van der Waals surface area contributed by atoms with Gasteiger partial charge < -0.3 is 50.9 Å². The lowest BCUT2D eigenvalue weighted by Gasteiger charge is -2.30. The molecule has 24 nitrogen and oxygen atoms in total. The lowest BCUT2D eigenvalue weighted by Crippen LogP contribution is -2.46. The average molecular weight is 1080 g/mol. The number of unbranched alkanes of at least 4 members (excludes halogenated alkanes) is 3. The minimum absolute atomic E-state index is 0.0152. The number of carbonyl (C=O) groups is 3. The van der Waals surface area contributed by atoms with Crippen molar-refractivity contribution in [2.75, 3.05) is 37.8 Å². The van der Waals surface area contributed by atoms with Crippen LogP contribution in [0.4, 0.5) is 5.82 Å². The van der Waals surface area contributed by atoms with E-state index in [-0.39, 0.29) is 41.6 Å². The highest BCUT2D eigenvalue weighted by Gasteiger charge is 2.50. The summed E-state index contributed by atoms with van der Waals surface area (Å²) >= 11 is 1.10. The van der Waals surface area contributed by atoms with Gasteiger partial charge in [-0.15, -0.1) is 0 Å². The van der Waals surface area contributed by atoms with Crippen molar-refractivity contribution < 1.29 is 80.5 Å². The van der Waals surface area contributed by atoms with Gasteiger partial charge in [-0.05, 0) is 44.9 Å². The van der Waals surface area contributed by atoms with Crippen LogP contribution in [-0.2, 0) is 50.7 Å². The highest BCUT2D eigenvalue weighted by molar-refractivity contribution is 8.13. The van der Waals surface area contributed by atoms with Gasteiger partial charge in [-0.3, -0.25) is 32.5 Å². The van der Waals surface area contributed by atoms with E-state index in [4.69, 9.17) is 19.5 Å². The number of carbonyl (C=O) groups excluding carboxylic acids is 3. The second kappa shape index (κ2) is 31.1. The van der Waals surface area contributed by atoms with E-state index in [0.29, 0.717) is 18.6 Å². The zero-order valence-corrected chi connectivity index (χ0v) is 43.4. The number of ether oxygens (including phenoxy) is 1. The van der Waals surface area contributed by atoms with Crippen molar-refractivity contribution in [1.82, 2.24) is 30.2 Å². The number of hydrogen-bond donors (Lipinski definition) is 9. The Morgan fingerprint density at radius 3 is 2.08 bits per heavy atom. The first-order valence-corrected chi connectivity index (χ1v) is 28.4. The third-order valence-corrected chi connectivity index (χ3v) is 14.2. The molecule has 3 heterocycles. The maximum Gasteiger partial charge on any atom is 0.481 e. The molecule has 10 N–H and O–H groups in total. The minimum atomic E-state index is -5.58. The number of aromatic nitrogens is 4. The summed E-state index contributed by atoms with van der Waals surface area (Å²) in [5.74, 6) is -1.11. The van der Waals surface area contributed by atoms with Gasteiger partial charge in [0.25, 0.3) is 0 Å². The number of aliphatic hydroxyl groups is 2. The van der Waals surface area contributed by atoms with Crippen LogP contribution in [0.1, 0.15) is 97.6 Å². The van der Waals surface area contributed by atoms with Gasteiger partial charge in [-0.1, -0.05) is 106 Å². The smallest absolute Gasteiger partial charge is 0.386 e. The molecule has 1 fully saturated rings. The molecule has 0 saturated carbocycles. The molecule has 1 aliphatic rings. The number of thioether (sulfide) groups is 1. The standard InChI is InChI=1S/C43H68N7O17P3S/c1-4-5-6-7-8-9-10-11-12-13-14-15-16-17-18-19-20-21-22-23-34(52)71-27-26-45-33(51)24-25-46-41(55)38(54)43(2,3)29-64-70(61,62)67-69(59,60)63-28-32-37(66-68(56,57)58)36(53)42(65-32)50-31-49-35-39(44)47-30-48-40(35)50/h8-9,11-12,14-15,17-18,20-21,30-32,36-38,42,53-54H,4-7,10,13,16,19,22-29H2,1-3H3,(H,45,51)(H,46,55)(H,59,60)(H,61,62)(H2,44,47,48)(H2,56,57,58)/t32-,36?,37+,38+,42-/m1/s1. The molecule has 2 aromatic rings. The highest BCUT2D eigenvalue weighted by atomic mass is 32.2. The SMILES string of the molecule is CCCCCC=CCC=CCC=CCC=CCC=CCCC(=O)SCCNC(=O)CCNC(=O)[C@H](O)C(C)(C)COP(=O)(O)OP(=O)(O)OC[C@H]1O[C@@H](n2cnc3c(N)ncnc32)C(O)[C@H]1OP(=O)(O)O. The summed E-state index contributed by atoms with van der Waals surface area (Å²) < 4.78 is 62.4. The first kappa shape index (κ1) is 61.6. The molecule has 2 amide bonds. The predicted molar refractivity (Wildman–Crippen MR) is 265 cm³/mol. The third-order valence-electron chi connectivity index (χ3n) is 10.2. The van der Waals surface area contributed by atoms with Gasteiger partial charge >= 0.3 is 23.5 Å². The summed E-state index contributed by atoms with van der Waals surface area (Å²) in [6, 6.07) is 0. The molecule has 0 spiro atoms. The van der Waals surface area contributed by atoms with Gasteiger partial charge in [-0.2, -0.15) is 4.31 Å². The van der Waals surface area contributed by atoms with Crippen LogP contribution in [-0.4, -0.2) is 123 Å². The lowest BCUT2D eigenvalue weighted by atomic mass is 9.87. The Balaban J connectivity index is 1.29. The number of allylic oxidation sites excluding steroid dienone is 10. The highest BCUT2D eigenvalue weighted by Crippen LogP contribution is 2.61. The van der Waals surface area contributed by atoms with Crippen LogP contribution in [0, 0.1) is 5.41 Å². The zero-order valence-electron chi connectivity index (χ0n) is 39.9. The molecular formula is C43H68N7O17P3S. The van der Waals surface area contributed by atoms with Crippen LogP contribution in [0.25, 0.3) is 11.2 Å². The molecule has 398 valence electrons. The van der Waals surface area contributed by atoms with Crippen LogP contribution in [0.15, 0.2) is 73.4 Å². The minimum Gasteiger partial charge on any atom is -0.386 e. The van der Waals surface area contributed by atoms with E-state index >= 15 is 0 Å². The van der Waals surface area contributed by atoms with Crippen molar-refractivity contribution in [2.45, 2.75) is 122 Å². The molecule has 3 unspecified atom stereocenters. The fourth-order valence-electron chi connectivity index (χ4n) is 6.40. The Kier molecular flexibility index (Phi) is 27.0. The number of anilines is 1. The van der Waals surface area contributed by atoms with Crippen LogP contribution >= 0.6 is 35.2 Å². The average Bonchev–Trinajstić information content (AvgIpc) is 3.86. The predicted octanol–water partition coefficient (Wildman–Crippen LogP) is 5.37. The van der Waals surface area contributed by atoms with Gasteiger partial charge in [0.05, 0.1) is 19.5 Å². The van der Waals surface area contributed by atoms with Gasteiger partial charge in [0.2, 0.25) is 11.8 Å². The van der Waals surface area contributed by atoms with E-state index in [0.717, 1.165) is 61.1 Å². The van der Waals surface area contributed by atoms with E-state index in [9.17, 15) is 57.9 Å². The monoisotopic (exact) mass is 1080 g/mol. The van der Waals surface area contributed by atoms with E-state index < -0.39 is 84.6 Å². The third kappa shape index (κ3) is 23.8. The summed E-state index contributed by atoms with van der Waals surface area (Å²) in [6.07, 6.45) is 23.7. The number of nitrogens with zero attached hydrogens (tertiary/aromatic N) is 4. The number of imidazole rings is 1. The van der Waals surface area contributed by atoms with Gasteiger partial charge in [-0.25, -0.2) is 28.6 Å². The van der Waals surface area contributed by atoms with Crippen molar-refractivity contribution in [3.8, 4) is 0 Å². The number of phosphoric acid groups is 3. The van der Waals surface area contributed by atoms with Gasteiger partial charge in [0.1, 0.15) is 36.3 Å². The van der Waals surface area contributed by atoms with Crippen molar-refractivity contribution in [3.63, 3.8) is 0 Å². The molecule has 0 aliphatic carbocycles. The summed E-state index contributed by atoms with van der Waals surface area (Å²) in [5, 5.41) is 26.6. The number of fused-ring (bicyclic) bond motifs is 1. The maximum atomic E-state index is 12.7. The second-order valence-electron chi connectivity index (χ2n) is 16.6. The molecule has 3 rings (SSSR count). The molecule has 1 aliphatic heterocycles. The zero-order chi connectivity index (χ0) is 52.5. The lowest BCUT2D eigenvalue weighted by molar-refractivity contribution is -0.137. The first-order valence-electron chi connectivity index (χ1n) is 22.9. The summed E-state index contributed by atoms with van der Waals surface area (Å²) in [7, 11) is -16.4. The summed E-state index contributed by atoms with van der Waals surface area (Å²) in [6.45, 7) is 2.70. The Morgan fingerprint density at radius 1 is 0.859 bits per heavy atom. The quantitative estimate of drug-likeness (QED) is 0.0242. The molecule has 0 aromatic carbocycles. The number of nitrogen functional groups attached to an aromatic ring is 1. The molecule has 28 heteroatoms. The second-order valence-corrected chi connectivity index (χ2v) is 22.0. The number of nitrogens with one attached hydrogen (secondary N) is 2. The summed E-state index contributed by atoms with van der Waals surface area (Å²) in [5.41, 5.74) is 4.27. The number of phosphoric ester groups is 3. The molecule has 0 radical (unpaired) electrons. The first-order chi connectivity index (χ1) is 33.6. The van der Waals surface area contributed by atoms with Gasteiger partial charge in [0.15, 0.2) is 22.8 Å². The molecule has 2 aromatic heterocycles. The van der Waals surface area contributed by atoms with Crippen molar-refractivity contribution in [1.29, 1.82) is 0 Å². The van der Waals surface area contributed by atoms with E-state index in [1.165, 1.54) is 33.1 Å². The molecule has 1 saturated heterocycles. The van der Waals surface area contributed by atoms with Crippen LogP contribution in [0.5, 0.6) is 0 Å². The number of aliphatic hydroxyl groups excluding tert-OH is 2. The number of rotatable bonds is 34. The van der Waals surface area contributed by atoms with Crippen LogP contribution < -0.4 is 16.4 Å².